The van der Waals surface area contributed by atoms with Crippen LogP contribution in [-0.4, -0.2) is 36.5 Å². The Hall–Kier alpha value is -1.42. The summed E-state index contributed by atoms with van der Waals surface area (Å²) in [6.07, 6.45) is 6.08. The van der Waals surface area contributed by atoms with Crippen molar-refractivity contribution >= 4 is 11.6 Å². The summed E-state index contributed by atoms with van der Waals surface area (Å²) < 4.78 is 13.8. The Bertz CT molecular complexity index is 603. The number of hydrogen-bond acceptors (Lipinski definition) is 2. The second-order valence-corrected chi connectivity index (χ2v) is 7.17. The van der Waals surface area contributed by atoms with Gasteiger partial charge in [0.15, 0.2) is 0 Å². The summed E-state index contributed by atoms with van der Waals surface area (Å²) in [5, 5.41) is 0. The molecular weight excluding hydrogens is 279 g/mol. The molecule has 1 amide bonds. The SMILES string of the molecule is CC(=O)N1CC2(CCN(C3CCC3)CC2)c2cc(F)ccc21. The van der Waals surface area contributed by atoms with Crippen LogP contribution in [0.3, 0.4) is 0 Å². The molecule has 4 rings (SSSR count). The van der Waals surface area contributed by atoms with Crippen LogP contribution in [0.2, 0.25) is 0 Å². The number of nitrogens with zero attached hydrogens (tertiary/aromatic N) is 2. The zero-order valence-corrected chi connectivity index (χ0v) is 13.1. The molecule has 1 spiro atoms. The zero-order valence-electron chi connectivity index (χ0n) is 13.1. The Morgan fingerprint density at radius 3 is 2.59 bits per heavy atom. The zero-order chi connectivity index (χ0) is 15.3. The number of carbonyl (C=O) groups excluding carboxylic acids is 1. The second-order valence-electron chi connectivity index (χ2n) is 7.17. The Morgan fingerprint density at radius 2 is 2.00 bits per heavy atom. The van der Waals surface area contributed by atoms with Crippen LogP contribution < -0.4 is 4.90 Å². The number of rotatable bonds is 1. The Labute approximate surface area is 131 Å². The van der Waals surface area contributed by atoms with Gasteiger partial charge in [0, 0.05) is 30.6 Å². The minimum absolute atomic E-state index is 0.0383. The largest absolute Gasteiger partial charge is 0.311 e. The number of likely N-dealkylation sites (tertiary alicyclic amines) is 1. The van der Waals surface area contributed by atoms with E-state index in [4.69, 9.17) is 0 Å². The normalized spacial score (nSPS) is 24.4. The molecule has 0 aromatic heterocycles. The van der Waals surface area contributed by atoms with Gasteiger partial charge in [-0.2, -0.15) is 0 Å². The minimum Gasteiger partial charge on any atom is -0.311 e. The Morgan fingerprint density at radius 1 is 1.27 bits per heavy atom. The minimum atomic E-state index is -0.190. The quantitative estimate of drug-likeness (QED) is 0.796. The topological polar surface area (TPSA) is 23.6 Å². The van der Waals surface area contributed by atoms with Gasteiger partial charge in [0.2, 0.25) is 5.91 Å². The first-order valence-corrected chi connectivity index (χ1v) is 8.41. The molecule has 0 unspecified atom stereocenters. The van der Waals surface area contributed by atoms with Crippen LogP contribution in [0, 0.1) is 5.82 Å². The van der Waals surface area contributed by atoms with Crippen molar-refractivity contribution in [3.63, 3.8) is 0 Å². The lowest BCUT2D eigenvalue weighted by Crippen LogP contribution is -2.50. The van der Waals surface area contributed by atoms with Gasteiger partial charge in [0.1, 0.15) is 5.82 Å². The predicted octanol–water partition coefficient (Wildman–Crippen LogP) is 3.08. The maximum absolute atomic E-state index is 13.8. The summed E-state index contributed by atoms with van der Waals surface area (Å²) in [5.41, 5.74) is 1.94. The van der Waals surface area contributed by atoms with Crippen LogP contribution in [-0.2, 0) is 10.2 Å². The van der Waals surface area contributed by atoms with Crippen LogP contribution in [0.1, 0.15) is 44.6 Å². The van der Waals surface area contributed by atoms with Crippen molar-refractivity contribution in [3.05, 3.63) is 29.6 Å². The van der Waals surface area contributed by atoms with E-state index in [0.29, 0.717) is 0 Å². The molecule has 22 heavy (non-hydrogen) atoms. The van der Waals surface area contributed by atoms with Crippen LogP contribution in [0.5, 0.6) is 0 Å². The van der Waals surface area contributed by atoms with E-state index < -0.39 is 0 Å². The van der Waals surface area contributed by atoms with Gasteiger partial charge in [-0.15, -0.1) is 0 Å². The number of benzene rings is 1. The van der Waals surface area contributed by atoms with Crippen molar-refractivity contribution in [1.29, 1.82) is 0 Å². The van der Waals surface area contributed by atoms with Gasteiger partial charge >= 0.3 is 0 Å². The number of hydrogen-bond donors (Lipinski definition) is 0. The number of amides is 1. The van der Waals surface area contributed by atoms with Crippen molar-refractivity contribution in [2.75, 3.05) is 24.5 Å². The summed E-state index contributed by atoms with van der Waals surface area (Å²) in [6.45, 7) is 4.48. The van der Waals surface area contributed by atoms with Gasteiger partial charge in [-0.05, 0) is 62.5 Å². The van der Waals surface area contributed by atoms with E-state index in [1.807, 2.05) is 4.90 Å². The molecule has 1 aliphatic carbocycles. The Kier molecular flexibility index (Phi) is 3.26. The molecule has 3 aliphatic rings. The van der Waals surface area contributed by atoms with Crippen molar-refractivity contribution in [3.8, 4) is 0 Å². The fraction of sp³-hybridized carbons (Fsp3) is 0.611. The number of piperidine rings is 1. The first-order chi connectivity index (χ1) is 10.6. The highest BCUT2D eigenvalue weighted by atomic mass is 19.1. The van der Waals surface area contributed by atoms with E-state index in [-0.39, 0.29) is 17.1 Å². The molecule has 118 valence electrons. The van der Waals surface area contributed by atoms with Gasteiger partial charge in [-0.3, -0.25) is 4.79 Å². The van der Waals surface area contributed by atoms with Crippen molar-refractivity contribution in [2.45, 2.75) is 50.5 Å². The lowest BCUT2D eigenvalue weighted by Gasteiger charge is -2.45. The van der Waals surface area contributed by atoms with Crippen molar-refractivity contribution in [1.82, 2.24) is 4.90 Å². The predicted molar refractivity (Wildman–Crippen MR) is 84.6 cm³/mol. The molecule has 0 bridgehead atoms. The molecule has 0 radical (unpaired) electrons. The highest BCUT2D eigenvalue weighted by molar-refractivity contribution is 5.94. The smallest absolute Gasteiger partial charge is 0.223 e. The highest BCUT2D eigenvalue weighted by Gasteiger charge is 2.46. The monoisotopic (exact) mass is 302 g/mol. The average Bonchev–Trinajstić information content (AvgIpc) is 2.74. The van der Waals surface area contributed by atoms with Crippen molar-refractivity contribution in [2.24, 2.45) is 0 Å². The number of halogens is 1. The molecule has 2 fully saturated rings. The molecule has 0 atom stereocenters. The number of carbonyl (C=O) groups is 1. The summed E-state index contributed by atoms with van der Waals surface area (Å²) in [4.78, 5) is 16.4. The van der Waals surface area contributed by atoms with E-state index in [2.05, 4.69) is 4.90 Å². The van der Waals surface area contributed by atoms with E-state index >= 15 is 0 Å². The summed E-state index contributed by atoms with van der Waals surface area (Å²) >= 11 is 0. The average molecular weight is 302 g/mol. The molecule has 1 saturated carbocycles. The fourth-order valence-electron chi connectivity index (χ4n) is 4.42. The molecule has 4 heteroatoms. The summed E-state index contributed by atoms with van der Waals surface area (Å²) in [5.74, 6) is -0.129. The molecule has 1 aromatic rings. The molecule has 1 saturated heterocycles. The van der Waals surface area contributed by atoms with E-state index in [1.165, 1.54) is 25.3 Å². The molecule has 2 heterocycles. The van der Waals surface area contributed by atoms with Crippen LogP contribution in [0.25, 0.3) is 0 Å². The lowest BCUT2D eigenvalue weighted by molar-refractivity contribution is -0.116. The highest BCUT2D eigenvalue weighted by Crippen LogP contribution is 2.48. The third-order valence-corrected chi connectivity index (χ3v) is 6.01. The van der Waals surface area contributed by atoms with Gasteiger partial charge in [-0.1, -0.05) is 6.42 Å². The fourth-order valence-corrected chi connectivity index (χ4v) is 4.42. The van der Waals surface area contributed by atoms with Crippen molar-refractivity contribution < 1.29 is 9.18 Å². The van der Waals surface area contributed by atoms with Crippen LogP contribution in [0.4, 0.5) is 10.1 Å². The third kappa shape index (κ3) is 2.08. The first-order valence-electron chi connectivity index (χ1n) is 8.41. The molecule has 3 nitrogen and oxygen atoms in total. The standard InChI is InChI=1S/C18H23FN2O/c1-13(22)21-12-18(16-11-14(19)5-6-17(16)21)7-9-20(10-8-18)15-3-2-4-15/h5-6,11,15H,2-4,7-10,12H2,1H3. The molecular formula is C18H23FN2O. The lowest BCUT2D eigenvalue weighted by atomic mass is 9.73. The molecule has 2 aliphatic heterocycles. The summed E-state index contributed by atoms with van der Waals surface area (Å²) in [7, 11) is 0. The van der Waals surface area contributed by atoms with Crippen LogP contribution in [0.15, 0.2) is 18.2 Å². The third-order valence-electron chi connectivity index (χ3n) is 6.01. The van der Waals surface area contributed by atoms with Gasteiger partial charge < -0.3 is 9.80 Å². The number of fused-ring (bicyclic) bond motifs is 2. The maximum Gasteiger partial charge on any atom is 0.223 e. The summed E-state index contributed by atoms with van der Waals surface area (Å²) in [6, 6.07) is 5.68. The molecule has 0 N–H and O–H groups in total. The van der Waals surface area contributed by atoms with Gasteiger partial charge in [0.25, 0.3) is 0 Å². The van der Waals surface area contributed by atoms with E-state index in [0.717, 1.165) is 49.8 Å². The maximum atomic E-state index is 13.8. The number of anilines is 1. The Balaban J connectivity index is 1.63. The van der Waals surface area contributed by atoms with Gasteiger partial charge in [-0.25, -0.2) is 4.39 Å². The second kappa shape index (κ2) is 5.05. The molecule has 1 aromatic carbocycles. The van der Waals surface area contributed by atoms with E-state index in [1.54, 1.807) is 19.1 Å². The first kappa shape index (κ1) is 14.2. The van der Waals surface area contributed by atoms with Crippen LogP contribution >= 0.6 is 0 Å². The van der Waals surface area contributed by atoms with E-state index in [9.17, 15) is 9.18 Å². The van der Waals surface area contributed by atoms with Gasteiger partial charge in [0.05, 0.1) is 0 Å².